The molecule has 0 N–H and O–H groups in total. The van der Waals surface area contributed by atoms with E-state index in [0.29, 0.717) is 42.6 Å². The van der Waals surface area contributed by atoms with Crippen LogP contribution in [0.25, 0.3) is 0 Å². The second-order valence-electron chi connectivity index (χ2n) is 6.92. The smallest absolute Gasteiger partial charge is 0.243 e. The molecule has 1 aliphatic rings. The molecule has 0 radical (unpaired) electrons. The number of thiazole rings is 1. The lowest BCUT2D eigenvalue weighted by molar-refractivity contribution is 0.384. The Morgan fingerprint density at radius 2 is 1.63 bits per heavy atom. The van der Waals surface area contributed by atoms with Gasteiger partial charge in [0.1, 0.15) is 5.82 Å². The van der Waals surface area contributed by atoms with Crippen LogP contribution in [0.15, 0.2) is 52.7 Å². The maximum Gasteiger partial charge on any atom is 0.243 e. The number of benzene rings is 2. The molecule has 0 unspecified atom stereocenters. The van der Waals surface area contributed by atoms with E-state index in [0.717, 1.165) is 28.5 Å². The first kappa shape index (κ1) is 21.5. The summed E-state index contributed by atoms with van der Waals surface area (Å²) >= 11 is 13.7. The van der Waals surface area contributed by atoms with Crippen LogP contribution < -0.4 is 4.90 Å². The number of halogens is 3. The minimum Gasteiger partial charge on any atom is -0.345 e. The summed E-state index contributed by atoms with van der Waals surface area (Å²) in [6, 6.07) is 10.3. The quantitative estimate of drug-likeness (QED) is 0.525. The molecule has 0 atom stereocenters. The number of piperazine rings is 1. The van der Waals surface area contributed by atoms with E-state index in [4.69, 9.17) is 28.2 Å². The Bertz CT molecular complexity index is 1120. The van der Waals surface area contributed by atoms with E-state index in [2.05, 4.69) is 4.90 Å². The molecule has 30 heavy (non-hydrogen) atoms. The molecule has 1 saturated heterocycles. The summed E-state index contributed by atoms with van der Waals surface area (Å²) < 4.78 is 40.0. The van der Waals surface area contributed by atoms with E-state index in [-0.39, 0.29) is 4.90 Å². The van der Waals surface area contributed by atoms with Crippen LogP contribution >= 0.6 is 34.5 Å². The number of anilines is 1. The molecule has 1 fully saturated rings. The number of sulfonamides is 1. The minimum atomic E-state index is -3.63. The summed E-state index contributed by atoms with van der Waals surface area (Å²) in [4.78, 5) is 6.88. The van der Waals surface area contributed by atoms with Crippen LogP contribution in [0.2, 0.25) is 10.0 Å². The van der Waals surface area contributed by atoms with E-state index in [1.54, 1.807) is 6.07 Å². The van der Waals surface area contributed by atoms with Crippen LogP contribution in [0.5, 0.6) is 0 Å². The van der Waals surface area contributed by atoms with Gasteiger partial charge in [-0.15, -0.1) is 11.3 Å². The van der Waals surface area contributed by atoms with Crippen molar-refractivity contribution in [1.82, 2.24) is 9.29 Å². The average Bonchev–Trinajstić information content (AvgIpc) is 3.16. The van der Waals surface area contributed by atoms with Gasteiger partial charge in [0.15, 0.2) is 5.13 Å². The maximum absolute atomic E-state index is 13.1. The lowest BCUT2D eigenvalue weighted by Crippen LogP contribution is -2.48. The lowest BCUT2D eigenvalue weighted by Gasteiger charge is -2.33. The van der Waals surface area contributed by atoms with Gasteiger partial charge in [-0.2, -0.15) is 4.31 Å². The van der Waals surface area contributed by atoms with Crippen LogP contribution in [-0.2, 0) is 16.4 Å². The van der Waals surface area contributed by atoms with Gasteiger partial charge in [0.2, 0.25) is 10.0 Å². The molecule has 0 amide bonds. The Kier molecular flexibility index (Phi) is 6.31. The van der Waals surface area contributed by atoms with Crippen molar-refractivity contribution in [2.24, 2.45) is 0 Å². The Morgan fingerprint density at radius 3 is 2.27 bits per heavy atom. The highest BCUT2D eigenvalue weighted by Gasteiger charge is 2.29. The zero-order valence-electron chi connectivity index (χ0n) is 15.8. The molecule has 1 aromatic heterocycles. The van der Waals surface area contributed by atoms with Crippen molar-refractivity contribution in [3.8, 4) is 0 Å². The standard InChI is InChI=1S/C20H18Cl2FN3O2S2/c21-15-9-14(10-16(22)12-15)11-18-13-29-20(24-18)25-5-7-26(8-6-25)30(27,28)19-3-1-17(23)2-4-19/h1-4,9-10,12-13H,5-8,11H2. The monoisotopic (exact) mass is 485 g/mol. The van der Waals surface area contributed by atoms with Crippen molar-refractivity contribution >= 4 is 49.7 Å². The van der Waals surface area contributed by atoms with Gasteiger partial charge >= 0.3 is 0 Å². The van der Waals surface area contributed by atoms with Gasteiger partial charge in [0.05, 0.1) is 10.6 Å². The average molecular weight is 486 g/mol. The van der Waals surface area contributed by atoms with Gasteiger partial charge in [-0.1, -0.05) is 23.2 Å². The number of hydrogen-bond acceptors (Lipinski definition) is 5. The van der Waals surface area contributed by atoms with Crippen LogP contribution in [0.3, 0.4) is 0 Å². The fraction of sp³-hybridized carbons (Fsp3) is 0.250. The second-order valence-corrected chi connectivity index (χ2v) is 10.6. The van der Waals surface area contributed by atoms with Gasteiger partial charge < -0.3 is 4.90 Å². The molecule has 3 aromatic rings. The fourth-order valence-corrected chi connectivity index (χ4v) is 6.19. The molecular weight excluding hydrogens is 468 g/mol. The topological polar surface area (TPSA) is 53.5 Å². The summed E-state index contributed by atoms with van der Waals surface area (Å²) in [6.07, 6.45) is 0.621. The Hall–Kier alpha value is -1.71. The predicted molar refractivity (Wildman–Crippen MR) is 119 cm³/mol. The third kappa shape index (κ3) is 4.78. The largest absolute Gasteiger partial charge is 0.345 e. The van der Waals surface area contributed by atoms with E-state index in [1.807, 2.05) is 17.5 Å². The summed E-state index contributed by atoms with van der Waals surface area (Å²) in [7, 11) is -3.63. The first-order valence-corrected chi connectivity index (χ1v) is 12.3. The molecule has 158 valence electrons. The van der Waals surface area contributed by atoms with E-state index >= 15 is 0 Å². The van der Waals surface area contributed by atoms with Crippen molar-refractivity contribution in [2.45, 2.75) is 11.3 Å². The normalized spacial score (nSPS) is 15.5. The van der Waals surface area contributed by atoms with Crippen molar-refractivity contribution in [1.29, 1.82) is 0 Å². The molecule has 4 rings (SSSR count). The molecule has 0 aliphatic carbocycles. The summed E-state index contributed by atoms with van der Waals surface area (Å²) in [5.74, 6) is -0.460. The van der Waals surface area contributed by atoms with Gasteiger partial charge in [0, 0.05) is 48.0 Å². The molecule has 0 saturated carbocycles. The first-order valence-electron chi connectivity index (χ1n) is 9.21. The highest BCUT2D eigenvalue weighted by molar-refractivity contribution is 7.89. The van der Waals surface area contributed by atoms with Crippen molar-refractivity contribution < 1.29 is 12.8 Å². The molecule has 10 heteroatoms. The number of rotatable bonds is 5. The Morgan fingerprint density at radius 1 is 1.00 bits per heavy atom. The highest BCUT2D eigenvalue weighted by Crippen LogP contribution is 2.27. The van der Waals surface area contributed by atoms with E-state index < -0.39 is 15.8 Å². The van der Waals surface area contributed by atoms with Crippen LogP contribution in [-0.4, -0.2) is 43.9 Å². The lowest BCUT2D eigenvalue weighted by atomic mass is 10.1. The zero-order valence-corrected chi connectivity index (χ0v) is 18.9. The Labute approximate surface area is 188 Å². The molecular formula is C20H18Cl2FN3O2S2. The Balaban J connectivity index is 1.40. The van der Waals surface area contributed by atoms with Gasteiger partial charge in [-0.3, -0.25) is 0 Å². The van der Waals surface area contributed by atoms with Crippen LogP contribution in [0.4, 0.5) is 9.52 Å². The van der Waals surface area contributed by atoms with E-state index in [9.17, 15) is 12.8 Å². The second kappa shape index (κ2) is 8.80. The highest BCUT2D eigenvalue weighted by atomic mass is 35.5. The number of nitrogens with zero attached hydrogens (tertiary/aromatic N) is 3. The molecule has 5 nitrogen and oxygen atoms in total. The van der Waals surface area contributed by atoms with Crippen LogP contribution in [0, 0.1) is 5.82 Å². The van der Waals surface area contributed by atoms with Gasteiger partial charge in [-0.05, 0) is 48.0 Å². The van der Waals surface area contributed by atoms with Gasteiger partial charge in [0.25, 0.3) is 0 Å². The van der Waals surface area contributed by atoms with Crippen molar-refractivity contribution in [3.63, 3.8) is 0 Å². The summed E-state index contributed by atoms with van der Waals surface area (Å²) in [6.45, 7) is 1.77. The molecule has 2 aromatic carbocycles. The first-order chi connectivity index (χ1) is 14.3. The fourth-order valence-electron chi connectivity index (χ4n) is 3.32. The maximum atomic E-state index is 13.1. The summed E-state index contributed by atoms with van der Waals surface area (Å²) in [5.41, 5.74) is 1.90. The predicted octanol–water partition coefficient (Wildman–Crippen LogP) is 4.69. The number of hydrogen-bond donors (Lipinski definition) is 0. The molecule has 0 bridgehead atoms. The van der Waals surface area contributed by atoms with Crippen LogP contribution in [0.1, 0.15) is 11.3 Å². The van der Waals surface area contributed by atoms with Crippen molar-refractivity contribution in [3.05, 3.63) is 75.0 Å². The SMILES string of the molecule is O=S(=O)(c1ccc(F)cc1)N1CCN(c2nc(Cc3cc(Cl)cc(Cl)c3)cs2)CC1. The van der Waals surface area contributed by atoms with Crippen molar-refractivity contribution in [2.75, 3.05) is 31.1 Å². The molecule has 1 aliphatic heterocycles. The number of aromatic nitrogens is 1. The third-order valence-corrected chi connectivity index (χ3v) is 8.11. The zero-order chi connectivity index (χ0) is 21.3. The molecule has 2 heterocycles. The van der Waals surface area contributed by atoms with Gasteiger partial charge in [-0.25, -0.2) is 17.8 Å². The minimum absolute atomic E-state index is 0.106. The summed E-state index contributed by atoms with van der Waals surface area (Å²) in [5, 5.41) is 4.03. The third-order valence-electron chi connectivity index (χ3n) is 4.81. The van der Waals surface area contributed by atoms with E-state index in [1.165, 1.54) is 27.8 Å². The molecule has 0 spiro atoms.